The molecule has 0 atom stereocenters. The highest BCUT2D eigenvalue weighted by molar-refractivity contribution is 7.98. The molecule has 3 aromatic heterocycles. The van der Waals surface area contributed by atoms with E-state index in [-0.39, 0.29) is 24.7 Å². The first kappa shape index (κ1) is 19.0. The van der Waals surface area contributed by atoms with Gasteiger partial charge in [-0.05, 0) is 19.1 Å². The van der Waals surface area contributed by atoms with Crippen molar-refractivity contribution in [2.24, 2.45) is 0 Å². The maximum absolute atomic E-state index is 12.8. The minimum atomic E-state index is -2.65. The number of carbonyl (C=O) groups is 1. The number of hydrogen-bond acceptors (Lipinski definition) is 6. The van der Waals surface area contributed by atoms with Crippen LogP contribution in [0.3, 0.4) is 0 Å². The van der Waals surface area contributed by atoms with Crippen molar-refractivity contribution in [1.29, 1.82) is 0 Å². The number of thioether (sulfide) groups is 1. The monoisotopic (exact) mass is 393 g/mol. The second kappa shape index (κ2) is 8.76. The Kier molecular flexibility index (Phi) is 6.17. The largest absolute Gasteiger partial charge is 0.361 e. The van der Waals surface area contributed by atoms with E-state index in [1.807, 2.05) is 6.07 Å². The number of hydrogen-bond donors (Lipinski definition) is 1. The van der Waals surface area contributed by atoms with Gasteiger partial charge in [0.05, 0.1) is 11.3 Å². The first-order valence-electron chi connectivity index (χ1n) is 8.12. The Bertz CT molecular complexity index is 912. The smallest absolute Gasteiger partial charge is 0.319 e. The summed E-state index contributed by atoms with van der Waals surface area (Å²) in [6, 6.07) is 5.16. The number of aromatic nitrogens is 4. The van der Waals surface area contributed by atoms with Crippen LogP contribution in [0.1, 0.15) is 34.2 Å². The summed E-state index contributed by atoms with van der Waals surface area (Å²) in [6.07, 6.45) is 4.32. The molecule has 1 N–H and O–H groups in total. The van der Waals surface area contributed by atoms with Gasteiger partial charge < -0.3 is 9.84 Å². The van der Waals surface area contributed by atoms with Gasteiger partial charge in [-0.1, -0.05) is 16.9 Å². The standard InChI is InChI=1S/C17H17F2N5O2S/c1-11-9-12(23-26-11)10-27-16-13(3-2-5-22-16)15(25)21-6-4-14-20-7-8-24(14)17(18)19/h2-3,5,7-9,17H,4,6,10H2,1H3,(H,21,25). The number of aryl methyl sites for hydroxylation is 1. The topological polar surface area (TPSA) is 85.8 Å². The van der Waals surface area contributed by atoms with E-state index in [0.29, 0.717) is 22.1 Å². The molecule has 27 heavy (non-hydrogen) atoms. The molecule has 0 saturated carbocycles. The maximum Gasteiger partial charge on any atom is 0.319 e. The third-order valence-electron chi connectivity index (χ3n) is 3.64. The number of carbonyl (C=O) groups excluding carboxylic acids is 1. The third-order valence-corrected chi connectivity index (χ3v) is 4.68. The first-order valence-corrected chi connectivity index (χ1v) is 9.11. The fourth-order valence-electron chi connectivity index (χ4n) is 2.41. The van der Waals surface area contributed by atoms with Gasteiger partial charge in [-0.2, -0.15) is 8.78 Å². The zero-order valence-electron chi connectivity index (χ0n) is 14.4. The molecule has 0 aliphatic heterocycles. The van der Waals surface area contributed by atoms with Gasteiger partial charge in [0, 0.05) is 43.4 Å². The Morgan fingerprint density at radius 1 is 1.37 bits per heavy atom. The van der Waals surface area contributed by atoms with Crippen molar-refractivity contribution in [2.75, 3.05) is 6.54 Å². The summed E-state index contributed by atoms with van der Waals surface area (Å²) in [6.45, 7) is -0.663. The molecule has 0 saturated heterocycles. The predicted octanol–water partition coefficient (Wildman–Crippen LogP) is 3.23. The van der Waals surface area contributed by atoms with E-state index < -0.39 is 6.55 Å². The van der Waals surface area contributed by atoms with Crippen LogP contribution in [0, 0.1) is 6.92 Å². The number of alkyl halides is 2. The average molecular weight is 393 g/mol. The van der Waals surface area contributed by atoms with E-state index in [9.17, 15) is 13.6 Å². The Morgan fingerprint density at radius 3 is 2.96 bits per heavy atom. The van der Waals surface area contributed by atoms with Crippen molar-refractivity contribution in [1.82, 2.24) is 25.0 Å². The number of imidazole rings is 1. The summed E-state index contributed by atoms with van der Waals surface area (Å²) < 4.78 is 31.4. The molecule has 0 aliphatic carbocycles. The van der Waals surface area contributed by atoms with Crippen LogP contribution in [-0.2, 0) is 12.2 Å². The van der Waals surface area contributed by atoms with E-state index in [1.54, 1.807) is 25.3 Å². The number of amides is 1. The molecule has 3 rings (SSSR count). The lowest BCUT2D eigenvalue weighted by molar-refractivity contribution is 0.0670. The number of pyridine rings is 1. The Labute approximate surface area is 158 Å². The minimum Gasteiger partial charge on any atom is -0.361 e. The molecule has 0 unspecified atom stereocenters. The van der Waals surface area contributed by atoms with E-state index >= 15 is 0 Å². The van der Waals surface area contributed by atoms with Gasteiger partial charge in [-0.3, -0.25) is 9.36 Å². The summed E-state index contributed by atoms with van der Waals surface area (Å²) in [5.41, 5.74) is 1.17. The second-order valence-corrected chi connectivity index (χ2v) is 6.57. The summed E-state index contributed by atoms with van der Waals surface area (Å²) in [5.74, 6) is 1.12. The second-order valence-electron chi connectivity index (χ2n) is 5.61. The van der Waals surface area contributed by atoms with Crippen molar-refractivity contribution in [3.63, 3.8) is 0 Å². The number of halogens is 2. The van der Waals surface area contributed by atoms with Crippen LogP contribution in [0.25, 0.3) is 0 Å². The van der Waals surface area contributed by atoms with Crippen molar-refractivity contribution in [3.05, 3.63) is 59.6 Å². The van der Waals surface area contributed by atoms with Crippen LogP contribution in [-0.4, -0.2) is 32.1 Å². The van der Waals surface area contributed by atoms with E-state index in [4.69, 9.17) is 4.52 Å². The molecule has 142 valence electrons. The highest BCUT2D eigenvalue weighted by atomic mass is 32.2. The van der Waals surface area contributed by atoms with E-state index in [0.717, 1.165) is 10.3 Å². The van der Waals surface area contributed by atoms with Gasteiger partial charge >= 0.3 is 6.55 Å². The van der Waals surface area contributed by atoms with Crippen LogP contribution < -0.4 is 5.32 Å². The lowest BCUT2D eigenvalue weighted by Crippen LogP contribution is -2.27. The first-order chi connectivity index (χ1) is 13.0. The van der Waals surface area contributed by atoms with Crippen molar-refractivity contribution in [2.45, 2.75) is 30.7 Å². The van der Waals surface area contributed by atoms with Gasteiger partial charge in [0.1, 0.15) is 16.6 Å². The molecule has 0 bridgehead atoms. The molecule has 0 aromatic carbocycles. The maximum atomic E-state index is 12.8. The van der Waals surface area contributed by atoms with Gasteiger partial charge in [0.25, 0.3) is 5.91 Å². The molecule has 7 nitrogen and oxygen atoms in total. The van der Waals surface area contributed by atoms with E-state index in [1.165, 1.54) is 24.2 Å². The average Bonchev–Trinajstić information content (AvgIpc) is 3.29. The molecule has 10 heteroatoms. The molecular weight excluding hydrogens is 376 g/mol. The van der Waals surface area contributed by atoms with Crippen molar-refractivity contribution in [3.8, 4) is 0 Å². The van der Waals surface area contributed by atoms with Crippen LogP contribution in [0.4, 0.5) is 8.78 Å². The zero-order chi connectivity index (χ0) is 19.2. The van der Waals surface area contributed by atoms with Crippen LogP contribution in [0.2, 0.25) is 0 Å². The number of nitrogens with zero attached hydrogens (tertiary/aromatic N) is 4. The fourth-order valence-corrected chi connectivity index (χ4v) is 3.28. The minimum absolute atomic E-state index is 0.185. The lowest BCUT2D eigenvalue weighted by Gasteiger charge is -2.09. The Hall–Kier alpha value is -2.75. The SMILES string of the molecule is Cc1cc(CSc2ncccc2C(=O)NCCc2nccn2C(F)F)no1. The van der Waals surface area contributed by atoms with Crippen LogP contribution in [0.15, 0.2) is 46.3 Å². The van der Waals surface area contributed by atoms with Crippen molar-refractivity contribution < 1.29 is 18.1 Å². The molecule has 3 aromatic rings. The molecule has 0 radical (unpaired) electrons. The van der Waals surface area contributed by atoms with Gasteiger partial charge in [0.15, 0.2) is 0 Å². The summed E-state index contributed by atoms with van der Waals surface area (Å²) in [5, 5.41) is 7.19. The summed E-state index contributed by atoms with van der Waals surface area (Å²) in [4.78, 5) is 20.6. The van der Waals surface area contributed by atoms with Crippen molar-refractivity contribution >= 4 is 17.7 Å². The summed E-state index contributed by atoms with van der Waals surface area (Å²) in [7, 11) is 0. The van der Waals surface area contributed by atoms with E-state index in [2.05, 4.69) is 20.4 Å². The third kappa shape index (κ3) is 4.91. The highest BCUT2D eigenvalue weighted by Crippen LogP contribution is 2.24. The Morgan fingerprint density at radius 2 is 2.22 bits per heavy atom. The molecular formula is C17H17F2N5O2S. The van der Waals surface area contributed by atoms with Crippen LogP contribution >= 0.6 is 11.8 Å². The van der Waals surface area contributed by atoms with Gasteiger partial charge in [-0.25, -0.2) is 9.97 Å². The van der Waals surface area contributed by atoms with Gasteiger partial charge in [-0.15, -0.1) is 0 Å². The predicted molar refractivity (Wildman–Crippen MR) is 94.6 cm³/mol. The zero-order valence-corrected chi connectivity index (χ0v) is 15.2. The van der Waals surface area contributed by atoms with Crippen LogP contribution in [0.5, 0.6) is 0 Å². The fraction of sp³-hybridized carbons (Fsp3) is 0.294. The summed E-state index contributed by atoms with van der Waals surface area (Å²) >= 11 is 1.37. The molecule has 0 spiro atoms. The number of nitrogens with one attached hydrogen (secondary N) is 1. The molecule has 0 aliphatic rings. The number of rotatable bonds is 8. The highest BCUT2D eigenvalue weighted by Gasteiger charge is 2.15. The molecule has 3 heterocycles. The molecule has 0 fully saturated rings. The lowest BCUT2D eigenvalue weighted by atomic mass is 10.2. The molecule has 1 amide bonds. The normalized spacial score (nSPS) is 11.1. The quantitative estimate of drug-likeness (QED) is 0.592. The van der Waals surface area contributed by atoms with Gasteiger partial charge in [0.2, 0.25) is 0 Å². The Balaban J connectivity index is 1.58.